The number of amides is 1. The molecule has 1 aliphatic carbocycles. The Kier molecular flexibility index (Phi) is 2.96. The van der Waals surface area contributed by atoms with E-state index in [1.54, 1.807) is 0 Å². The zero-order valence-corrected chi connectivity index (χ0v) is 11.1. The van der Waals surface area contributed by atoms with Crippen molar-refractivity contribution in [3.05, 3.63) is 22.9 Å². The minimum atomic E-state index is -3.77. The number of hydrogen-bond acceptors (Lipinski definition) is 4. The molecule has 1 aliphatic rings. The molecule has 0 atom stereocenters. The molecule has 1 saturated carbocycles. The molecular weight excluding hydrogens is 310 g/mol. The summed E-state index contributed by atoms with van der Waals surface area (Å²) in [6.45, 7) is 0. The Hall–Kier alpha value is -0.990. The van der Waals surface area contributed by atoms with Crippen LogP contribution in [0.2, 0.25) is 0 Å². The number of nitrogens with one attached hydrogen (secondary N) is 1. The first kappa shape index (κ1) is 12.5. The third-order valence-electron chi connectivity index (χ3n) is 2.54. The van der Waals surface area contributed by atoms with Gasteiger partial charge in [-0.3, -0.25) is 9.78 Å². The molecule has 17 heavy (non-hydrogen) atoms. The van der Waals surface area contributed by atoms with Crippen molar-refractivity contribution in [3.63, 3.8) is 0 Å². The van der Waals surface area contributed by atoms with Gasteiger partial charge in [-0.25, -0.2) is 8.42 Å². The third-order valence-corrected chi connectivity index (χ3v) is 4.48. The van der Waals surface area contributed by atoms with Gasteiger partial charge < -0.3 is 5.73 Å². The van der Waals surface area contributed by atoms with E-state index >= 15 is 0 Å². The number of nitrogens with two attached hydrogens (primary N) is 1. The summed E-state index contributed by atoms with van der Waals surface area (Å²) in [5, 5.41) is 0. The quantitative estimate of drug-likeness (QED) is 0.824. The molecular formula is C9H10BrN3O3S. The number of primary amides is 1. The fourth-order valence-electron chi connectivity index (χ4n) is 1.38. The third kappa shape index (κ3) is 2.48. The molecule has 1 amide bonds. The molecule has 1 aromatic heterocycles. The Balaban J connectivity index is 2.29. The van der Waals surface area contributed by atoms with Crippen molar-refractivity contribution in [2.75, 3.05) is 0 Å². The molecule has 0 unspecified atom stereocenters. The molecule has 0 spiro atoms. The molecule has 0 aliphatic heterocycles. The topological polar surface area (TPSA) is 102 Å². The number of rotatable bonds is 4. The molecule has 3 N–H and O–H groups in total. The summed E-state index contributed by atoms with van der Waals surface area (Å²) in [6, 6.07) is 1.41. The Morgan fingerprint density at radius 1 is 1.47 bits per heavy atom. The summed E-state index contributed by atoms with van der Waals surface area (Å²) in [5.74, 6) is -0.649. The van der Waals surface area contributed by atoms with Gasteiger partial charge in [-0.15, -0.1) is 0 Å². The minimum Gasteiger partial charge on any atom is -0.368 e. The molecule has 1 fully saturated rings. The lowest BCUT2D eigenvalue weighted by Gasteiger charge is -2.13. The van der Waals surface area contributed by atoms with Crippen LogP contribution in [-0.2, 0) is 14.8 Å². The van der Waals surface area contributed by atoms with Gasteiger partial charge in [-0.1, -0.05) is 0 Å². The van der Waals surface area contributed by atoms with Crippen LogP contribution < -0.4 is 10.5 Å². The molecule has 0 saturated heterocycles. The lowest BCUT2D eigenvalue weighted by molar-refractivity contribution is -0.120. The van der Waals surface area contributed by atoms with Crippen LogP contribution in [0.25, 0.3) is 0 Å². The van der Waals surface area contributed by atoms with Crippen LogP contribution in [0.1, 0.15) is 12.8 Å². The van der Waals surface area contributed by atoms with Crippen molar-refractivity contribution in [2.45, 2.75) is 23.3 Å². The van der Waals surface area contributed by atoms with E-state index in [1.807, 2.05) is 0 Å². The SMILES string of the molecule is NC(=O)C1(NS(=O)(=O)c2cncc(Br)c2)CC1. The van der Waals surface area contributed by atoms with Gasteiger partial charge in [0.05, 0.1) is 0 Å². The van der Waals surface area contributed by atoms with Crippen LogP contribution in [0.5, 0.6) is 0 Å². The average molecular weight is 320 g/mol. The lowest BCUT2D eigenvalue weighted by atomic mass is 10.3. The molecule has 1 heterocycles. The van der Waals surface area contributed by atoms with E-state index in [0.717, 1.165) is 0 Å². The highest BCUT2D eigenvalue weighted by Gasteiger charge is 2.51. The van der Waals surface area contributed by atoms with Gasteiger partial charge in [0.15, 0.2) is 0 Å². The summed E-state index contributed by atoms with van der Waals surface area (Å²) >= 11 is 3.13. The van der Waals surface area contributed by atoms with E-state index in [1.165, 1.54) is 18.5 Å². The largest absolute Gasteiger partial charge is 0.368 e. The number of carbonyl (C=O) groups is 1. The molecule has 6 nitrogen and oxygen atoms in total. The second-order valence-corrected chi connectivity index (χ2v) is 6.49. The first-order valence-electron chi connectivity index (χ1n) is 4.80. The number of carbonyl (C=O) groups excluding carboxylic acids is 1. The number of aromatic nitrogens is 1. The molecule has 92 valence electrons. The molecule has 2 rings (SSSR count). The van der Waals surface area contributed by atoms with Crippen LogP contribution in [-0.4, -0.2) is 24.8 Å². The van der Waals surface area contributed by atoms with Gasteiger partial charge in [0.1, 0.15) is 10.4 Å². The fourth-order valence-corrected chi connectivity index (χ4v) is 3.31. The normalized spacial score (nSPS) is 17.7. The Morgan fingerprint density at radius 2 is 2.12 bits per heavy atom. The minimum absolute atomic E-state index is 0.000556. The van der Waals surface area contributed by atoms with Crippen molar-refractivity contribution in [2.24, 2.45) is 5.73 Å². The highest BCUT2D eigenvalue weighted by Crippen LogP contribution is 2.36. The number of halogens is 1. The Morgan fingerprint density at radius 3 is 2.59 bits per heavy atom. The van der Waals surface area contributed by atoms with Gasteiger partial charge >= 0.3 is 0 Å². The highest BCUT2D eigenvalue weighted by molar-refractivity contribution is 9.10. The molecule has 0 bridgehead atoms. The summed E-state index contributed by atoms with van der Waals surface area (Å²) in [4.78, 5) is 14.9. The Labute approximate surface area is 107 Å². The van der Waals surface area contributed by atoms with Crippen molar-refractivity contribution in [3.8, 4) is 0 Å². The maximum Gasteiger partial charge on any atom is 0.243 e. The van der Waals surface area contributed by atoms with Crippen LogP contribution in [0.15, 0.2) is 27.8 Å². The summed E-state index contributed by atoms with van der Waals surface area (Å²) in [7, 11) is -3.77. The number of hydrogen-bond donors (Lipinski definition) is 2. The highest BCUT2D eigenvalue weighted by atomic mass is 79.9. The smallest absolute Gasteiger partial charge is 0.243 e. The first-order chi connectivity index (χ1) is 7.86. The summed E-state index contributed by atoms with van der Waals surface area (Å²) in [6.07, 6.45) is 3.55. The zero-order chi connectivity index (χ0) is 12.7. The van der Waals surface area contributed by atoms with Gasteiger partial charge in [0.25, 0.3) is 0 Å². The molecule has 1 aromatic rings. The van der Waals surface area contributed by atoms with Crippen LogP contribution in [0, 0.1) is 0 Å². The predicted octanol–water partition coefficient (Wildman–Crippen LogP) is 0.140. The van der Waals surface area contributed by atoms with E-state index in [0.29, 0.717) is 17.3 Å². The first-order valence-corrected chi connectivity index (χ1v) is 7.08. The lowest BCUT2D eigenvalue weighted by Crippen LogP contribution is -2.46. The number of pyridine rings is 1. The predicted molar refractivity (Wildman–Crippen MR) is 63.4 cm³/mol. The molecule has 8 heteroatoms. The standard InChI is InChI=1S/C9H10BrN3O3S/c10-6-3-7(5-12-4-6)17(15,16)13-9(1-2-9)8(11)14/h3-5,13H,1-2H2,(H2,11,14). The monoisotopic (exact) mass is 319 g/mol. The van der Waals surface area contributed by atoms with E-state index in [2.05, 4.69) is 25.6 Å². The maximum atomic E-state index is 12.0. The molecule has 0 radical (unpaired) electrons. The average Bonchev–Trinajstić information content (AvgIpc) is 2.98. The van der Waals surface area contributed by atoms with E-state index in [9.17, 15) is 13.2 Å². The van der Waals surface area contributed by atoms with Gasteiger partial charge in [-0.05, 0) is 34.8 Å². The van der Waals surface area contributed by atoms with Crippen molar-refractivity contribution >= 4 is 31.9 Å². The molecule has 0 aromatic carbocycles. The second-order valence-electron chi connectivity index (χ2n) is 3.89. The van der Waals surface area contributed by atoms with Gasteiger partial charge in [-0.2, -0.15) is 4.72 Å². The maximum absolute atomic E-state index is 12.0. The zero-order valence-electron chi connectivity index (χ0n) is 8.68. The van der Waals surface area contributed by atoms with Crippen molar-refractivity contribution < 1.29 is 13.2 Å². The van der Waals surface area contributed by atoms with Crippen molar-refractivity contribution in [1.29, 1.82) is 0 Å². The van der Waals surface area contributed by atoms with Crippen LogP contribution >= 0.6 is 15.9 Å². The summed E-state index contributed by atoms with van der Waals surface area (Å²) < 4.78 is 26.8. The van der Waals surface area contributed by atoms with Crippen LogP contribution in [0.4, 0.5) is 0 Å². The van der Waals surface area contributed by atoms with Gasteiger partial charge in [0.2, 0.25) is 15.9 Å². The number of nitrogens with zero attached hydrogens (tertiary/aromatic N) is 1. The fraction of sp³-hybridized carbons (Fsp3) is 0.333. The van der Waals surface area contributed by atoms with E-state index in [4.69, 9.17) is 5.73 Å². The van der Waals surface area contributed by atoms with Gasteiger partial charge in [0, 0.05) is 16.9 Å². The van der Waals surface area contributed by atoms with Crippen molar-refractivity contribution in [1.82, 2.24) is 9.71 Å². The van der Waals surface area contributed by atoms with E-state index < -0.39 is 21.5 Å². The van der Waals surface area contributed by atoms with E-state index in [-0.39, 0.29) is 4.90 Å². The second kappa shape index (κ2) is 4.04. The number of sulfonamides is 1. The van der Waals surface area contributed by atoms with Crippen LogP contribution in [0.3, 0.4) is 0 Å². The Bertz CT molecular complexity index is 569. The summed E-state index contributed by atoms with van der Waals surface area (Å²) in [5.41, 5.74) is 4.05.